The van der Waals surface area contributed by atoms with E-state index in [2.05, 4.69) is 5.32 Å². The molecular formula is C12H19NO3. The highest BCUT2D eigenvalue weighted by Gasteiger charge is 2.02. The van der Waals surface area contributed by atoms with Crippen molar-refractivity contribution in [3.05, 3.63) is 29.8 Å². The van der Waals surface area contributed by atoms with E-state index in [1.54, 1.807) is 14.2 Å². The Morgan fingerprint density at radius 3 is 2.81 bits per heavy atom. The molecule has 0 fully saturated rings. The van der Waals surface area contributed by atoms with E-state index in [1.165, 1.54) is 0 Å². The number of aliphatic hydroxyl groups is 1. The van der Waals surface area contributed by atoms with Crippen molar-refractivity contribution in [1.82, 2.24) is 0 Å². The van der Waals surface area contributed by atoms with Gasteiger partial charge in [0.1, 0.15) is 0 Å². The lowest BCUT2D eigenvalue weighted by Crippen LogP contribution is -2.24. The zero-order chi connectivity index (χ0) is 11.8. The average molecular weight is 225 g/mol. The lowest BCUT2D eigenvalue weighted by molar-refractivity contribution is 0.0727. The van der Waals surface area contributed by atoms with Gasteiger partial charge in [0, 0.05) is 26.5 Å². The molecule has 0 aliphatic rings. The Kier molecular flexibility index (Phi) is 5.85. The van der Waals surface area contributed by atoms with Crippen molar-refractivity contribution in [3.63, 3.8) is 0 Å². The molecule has 90 valence electrons. The SMILES string of the molecule is COCc1cccc(NCC(O)COC)c1. The number of aliphatic hydroxyl groups excluding tert-OH is 1. The first-order valence-corrected chi connectivity index (χ1v) is 5.25. The van der Waals surface area contributed by atoms with Crippen LogP contribution in [0.25, 0.3) is 0 Å². The van der Waals surface area contributed by atoms with Crippen molar-refractivity contribution in [2.75, 3.05) is 32.7 Å². The number of hydrogen-bond acceptors (Lipinski definition) is 4. The van der Waals surface area contributed by atoms with Gasteiger partial charge in [-0.1, -0.05) is 12.1 Å². The highest BCUT2D eigenvalue weighted by Crippen LogP contribution is 2.11. The Morgan fingerprint density at radius 1 is 1.31 bits per heavy atom. The fourth-order valence-electron chi connectivity index (χ4n) is 1.42. The molecule has 0 aliphatic heterocycles. The summed E-state index contributed by atoms with van der Waals surface area (Å²) in [4.78, 5) is 0. The zero-order valence-electron chi connectivity index (χ0n) is 9.77. The quantitative estimate of drug-likeness (QED) is 0.733. The third-order valence-electron chi connectivity index (χ3n) is 2.14. The molecule has 0 heterocycles. The number of methoxy groups -OCH3 is 2. The van der Waals surface area contributed by atoms with E-state index in [1.807, 2.05) is 24.3 Å². The highest BCUT2D eigenvalue weighted by molar-refractivity contribution is 5.45. The molecule has 0 radical (unpaired) electrons. The molecule has 0 saturated heterocycles. The normalized spacial score (nSPS) is 12.4. The van der Waals surface area contributed by atoms with Gasteiger partial charge in [-0.3, -0.25) is 0 Å². The number of rotatable bonds is 7. The first-order chi connectivity index (χ1) is 7.76. The second kappa shape index (κ2) is 7.22. The van der Waals surface area contributed by atoms with Crippen LogP contribution in [0.2, 0.25) is 0 Å². The van der Waals surface area contributed by atoms with Crippen molar-refractivity contribution >= 4 is 5.69 Å². The minimum Gasteiger partial charge on any atom is -0.389 e. The summed E-state index contributed by atoms with van der Waals surface area (Å²) < 4.78 is 9.89. The third kappa shape index (κ3) is 4.61. The molecule has 16 heavy (non-hydrogen) atoms. The minimum atomic E-state index is -0.490. The summed E-state index contributed by atoms with van der Waals surface area (Å²) in [6, 6.07) is 7.92. The molecule has 0 bridgehead atoms. The van der Waals surface area contributed by atoms with E-state index >= 15 is 0 Å². The van der Waals surface area contributed by atoms with Crippen LogP contribution in [-0.2, 0) is 16.1 Å². The molecule has 0 aliphatic carbocycles. The number of anilines is 1. The maximum absolute atomic E-state index is 9.47. The maximum atomic E-state index is 9.47. The van der Waals surface area contributed by atoms with Crippen LogP contribution in [0.3, 0.4) is 0 Å². The molecule has 4 nitrogen and oxygen atoms in total. The molecule has 0 amide bonds. The maximum Gasteiger partial charge on any atom is 0.0945 e. The average Bonchev–Trinajstić information content (AvgIpc) is 2.28. The molecule has 0 aromatic heterocycles. The molecule has 0 spiro atoms. The molecule has 0 saturated carbocycles. The lowest BCUT2D eigenvalue weighted by atomic mass is 10.2. The van der Waals surface area contributed by atoms with E-state index in [-0.39, 0.29) is 0 Å². The van der Waals surface area contributed by atoms with Gasteiger partial charge in [0.05, 0.1) is 19.3 Å². The fourth-order valence-corrected chi connectivity index (χ4v) is 1.42. The van der Waals surface area contributed by atoms with E-state index in [0.717, 1.165) is 11.3 Å². The molecular weight excluding hydrogens is 206 g/mol. The molecule has 2 N–H and O–H groups in total. The summed E-state index contributed by atoms with van der Waals surface area (Å²) in [5.74, 6) is 0. The van der Waals surface area contributed by atoms with Crippen LogP contribution in [0.5, 0.6) is 0 Å². The minimum absolute atomic E-state index is 0.338. The van der Waals surface area contributed by atoms with Gasteiger partial charge >= 0.3 is 0 Å². The fraction of sp³-hybridized carbons (Fsp3) is 0.500. The largest absolute Gasteiger partial charge is 0.389 e. The molecule has 1 aromatic carbocycles. The number of benzene rings is 1. The number of hydrogen-bond donors (Lipinski definition) is 2. The summed E-state index contributed by atoms with van der Waals surface area (Å²) >= 11 is 0. The summed E-state index contributed by atoms with van der Waals surface area (Å²) in [5.41, 5.74) is 2.08. The molecule has 1 atom stereocenters. The van der Waals surface area contributed by atoms with Crippen LogP contribution in [0.4, 0.5) is 5.69 Å². The predicted octanol–water partition coefficient (Wildman–Crippen LogP) is 1.25. The van der Waals surface area contributed by atoms with E-state index in [9.17, 15) is 5.11 Å². The number of nitrogens with one attached hydrogen (secondary N) is 1. The van der Waals surface area contributed by atoms with E-state index < -0.39 is 6.10 Å². The van der Waals surface area contributed by atoms with Crippen molar-refractivity contribution in [3.8, 4) is 0 Å². The van der Waals surface area contributed by atoms with Gasteiger partial charge in [0.2, 0.25) is 0 Å². The highest BCUT2D eigenvalue weighted by atomic mass is 16.5. The van der Waals surface area contributed by atoms with E-state index in [0.29, 0.717) is 19.8 Å². The summed E-state index contributed by atoms with van der Waals surface area (Å²) in [7, 11) is 3.24. The van der Waals surface area contributed by atoms with Crippen LogP contribution in [-0.4, -0.2) is 38.6 Å². The van der Waals surface area contributed by atoms with Gasteiger partial charge in [-0.25, -0.2) is 0 Å². The van der Waals surface area contributed by atoms with Crippen LogP contribution in [0.1, 0.15) is 5.56 Å². The van der Waals surface area contributed by atoms with Gasteiger partial charge in [-0.15, -0.1) is 0 Å². The zero-order valence-corrected chi connectivity index (χ0v) is 9.77. The monoisotopic (exact) mass is 225 g/mol. The van der Waals surface area contributed by atoms with Crippen LogP contribution >= 0.6 is 0 Å². The van der Waals surface area contributed by atoms with Crippen LogP contribution in [0, 0.1) is 0 Å². The van der Waals surface area contributed by atoms with Gasteiger partial charge in [-0.05, 0) is 17.7 Å². The summed E-state index contributed by atoms with van der Waals surface area (Å²) in [6.45, 7) is 1.41. The van der Waals surface area contributed by atoms with Crippen molar-refractivity contribution in [1.29, 1.82) is 0 Å². The molecule has 1 rings (SSSR count). The Balaban J connectivity index is 2.44. The van der Waals surface area contributed by atoms with Crippen molar-refractivity contribution < 1.29 is 14.6 Å². The second-order valence-electron chi connectivity index (χ2n) is 3.62. The topological polar surface area (TPSA) is 50.7 Å². The Morgan fingerprint density at radius 2 is 2.12 bits per heavy atom. The Labute approximate surface area is 96.2 Å². The van der Waals surface area contributed by atoms with Gasteiger partial charge < -0.3 is 19.9 Å². The van der Waals surface area contributed by atoms with Crippen molar-refractivity contribution in [2.24, 2.45) is 0 Å². The third-order valence-corrected chi connectivity index (χ3v) is 2.14. The first-order valence-electron chi connectivity index (χ1n) is 5.25. The Hall–Kier alpha value is -1.10. The standard InChI is InChI=1S/C12H19NO3/c1-15-8-10-4-3-5-11(6-10)13-7-12(14)9-16-2/h3-6,12-14H,7-9H2,1-2H3. The predicted molar refractivity (Wildman–Crippen MR) is 63.5 cm³/mol. The Bertz CT molecular complexity index is 304. The molecule has 4 heteroatoms. The molecule has 1 unspecified atom stereocenters. The second-order valence-corrected chi connectivity index (χ2v) is 3.62. The summed E-state index contributed by atoms with van der Waals surface area (Å²) in [6.07, 6.45) is -0.490. The van der Waals surface area contributed by atoms with Crippen molar-refractivity contribution in [2.45, 2.75) is 12.7 Å². The van der Waals surface area contributed by atoms with Gasteiger partial charge in [0.25, 0.3) is 0 Å². The lowest BCUT2D eigenvalue weighted by Gasteiger charge is -2.12. The number of ether oxygens (including phenoxy) is 2. The van der Waals surface area contributed by atoms with Gasteiger partial charge in [-0.2, -0.15) is 0 Å². The van der Waals surface area contributed by atoms with Gasteiger partial charge in [0.15, 0.2) is 0 Å². The van der Waals surface area contributed by atoms with Crippen LogP contribution in [0.15, 0.2) is 24.3 Å². The molecule has 1 aromatic rings. The van der Waals surface area contributed by atoms with E-state index in [4.69, 9.17) is 9.47 Å². The first kappa shape index (κ1) is 13.0. The smallest absolute Gasteiger partial charge is 0.0945 e. The summed E-state index contributed by atoms with van der Waals surface area (Å²) in [5, 5.41) is 12.6. The van der Waals surface area contributed by atoms with Crippen LogP contribution < -0.4 is 5.32 Å².